The van der Waals surface area contributed by atoms with Gasteiger partial charge in [-0.15, -0.1) is 11.3 Å². The van der Waals surface area contributed by atoms with Gasteiger partial charge >= 0.3 is 6.18 Å². The van der Waals surface area contributed by atoms with Crippen LogP contribution in [0, 0.1) is 6.92 Å². The van der Waals surface area contributed by atoms with Crippen molar-refractivity contribution in [1.29, 1.82) is 0 Å². The molecule has 0 fully saturated rings. The first-order valence-electron chi connectivity index (χ1n) is 8.34. The second kappa shape index (κ2) is 7.86. The molecule has 4 N–H and O–H groups in total. The van der Waals surface area contributed by atoms with Crippen molar-refractivity contribution >= 4 is 22.9 Å². The maximum atomic E-state index is 12.7. The molecule has 3 rings (SSSR count). The molecule has 2 aromatic carbocycles. The van der Waals surface area contributed by atoms with E-state index in [1.165, 1.54) is 5.38 Å². The van der Waals surface area contributed by atoms with Gasteiger partial charge in [-0.2, -0.15) is 13.2 Å². The Labute approximate surface area is 167 Å². The number of phenols is 1. The number of alkyl halides is 3. The number of aryl methyl sites for hydroxylation is 1. The molecule has 1 aromatic heterocycles. The molecule has 0 radical (unpaired) electrons. The lowest BCUT2D eigenvalue weighted by molar-refractivity contribution is -0.137. The van der Waals surface area contributed by atoms with Gasteiger partial charge in [0.25, 0.3) is 5.91 Å². The number of hydrogen-bond donors (Lipinski definition) is 4. The van der Waals surface area contributed by atoms with Crippen molar-refractivity contribution < 1.29 is 33.3 Å². The van der Waals surface area contributed by atoms with E-state index in [9.17, 15) is 33.3 Å². The van der Waals surface area contributed by atoms with Crippen LogP contribution in [0.5, 0.6) is 5.75 Å². The molecule has 29 heavy (non-hydrogen) atoms. The van der Waals surface area contributed by atoms with Crippen molar-refractivity contribution in [3.8, 4) is 16.2 Å². The summed E-state index contributed by atoms with van der Waals surface area (Å²) >= 11 is 1.16. The summed E-state index contributed by atoms with van der Waals surface area (Å²) < 4.78 is 38.1. The zero-order chi connectivity index (χ0) is 21.3. The summed E-state index contributed by atoms with van der Waals surface area (Å²) in [6.45, 7) is 1.90. The molecule has 1 heterocycles. The fourth-order valence-corrected chi connectivity index (χ4v) is 3.77. The van der Waals surface area contributed by atoms with Crippen LogP contribution in [0.15, 0.2) is 47.8 Å². The Morgan fingerprint density at radius 1 is 1.10 bits per heavy atom. The number of anilines is 1. The van der Waals surface area contributed by atoms with Gasteiger partial charge in [0.2, 0.25) is 0 Å². The molecule has 0 saturated heterocycles. The number of nitrogens with one attached hydrogen (secondary N) is 1. The third-order valence-electron chi connectivity index (χ3n) is 4.22. The van der Waals surface area contributed by atoms with Crippen LogP contribution in [0.2, 0.25) is 0 Å². The second-order valence-electron chi connectivity index (χ2n) is 6.32. The number of phenolic OH excluding ortho intramolecular Hbond substituents is 1. The van der Waals surface area contributed by atoms with Crippen LogP contribution in [0.1, 0.15) is 33.3 Å². The number of thiophene rings is 1. The summed E-state index contributed by atoms with van der Waals surface area (Å²) in [5.41, 5.74) is 0.405. The first-order chi connectivity index (χ1) is 13.6. The molecule has 0 saturated carbocycles. The molecular weight excluding hydrogens is 407 g/mol. The highest BCUT2D eigenvalue weighted by atomic mass is 32.1. The molecule has 0 aliphatic heterocycles. The lowest BCUT2D eigenvalue weighted by Gasteiger charge is -2.13. The van der Waals surface area contributed by atoms with Crippen molar-refractivity contribution in [1.82, 2.24) is 0 Å². The number of benzene rings is 2. The SMILES string of the molecule is Cc1ccc(-c2scc(NC(=O)c3ccc(C(F)(F)F)cc3O)c2C(O)O)cc1. The molecule has 0 aliphatic carbocycles. The number of amides is 1. The maximum Gasteiger partial charge on any atom is 0.416 e. The third kappa shape index (κ3) is 4.42. The number of aliphatic hydroxyl groups excluding tert-OH is 1. The Kier molecular flexibility index (Phi) is 5.65. The van der Waals surface area contributed by atoms with E-state index in [1.54, 1.807) is 12.1 Å². The van der Waals surface area contributed by atoms with Crippen molar-refractivity contribution in [2.45, 2.75) is 19.4 Å². The van der Waals surface area contributed by atoms with Crippen molar-refractivity contribution in [2.75, 3.05) is 5.32 Å². The van der Waals surface area contributed by atoms with Crippen LogP contribution in [-0.4, -0.2) is 21.2 Å². The number of carbonyl (C=O) groups is 1. The molecule has 0 spiro atoms. The van der Waals surface area contributed by atoms with Gasteiger partial charge in [-0.25, -0.2) is 0 Å². The molecule has 0 atom stereocenters. The topological polar surface area (TPSA) is 89.8 Å². The normalized spacial score (nSPS) is 11.7. The van der Waals surface area contributed by atoms with E-state index in [4.69, 9.17) is 0 Å². The lowest BCUT2D eigenvalue weighted by Crippen LogP contribution is -2.14. The molecule has 0 unspecified atom stereocenters. The van der Waals surface area contributed by atoms with E-state index in [0.29, 0.717) is 22.6 Å². The van der Waals surface area contributed by atoms with E-state index in [2.05, 4.69) is 5.32 Å². The zero-order valence-electron chi connectivity index (χ0n) is 15.0. The molecule has 9 heteroatoms. The molecule has 3 aromatic rings. The van der Waals surface area contributed by atoms with Gasteiger partial charge in [0, 0.05) is 15.8 Å². The Morgan fingerprint density at radius 2 is 1.76 bits per heavy atom. The van der Waals surface area contributed by atoms with Crippen LogP contribution in [0.3, 0.4) is 0 Å². The fourth-order valence-electron chi connectivity index (χ4n) is 2.74. The van der Waals surface area contributed by atoms with Crippen LogP contribution in [-0.2, 0) is 6.18 Å². The Balaban J connectivity index is 1.92. The van der Waals surface area contributed by atoms with Crippen LogP contribution >= 0.6 is 11.3 Å². The predicted molar refractivity (Wildman–Crippen MR) is 103 cm³/mol. The minimum Gasteiger partial charge on any atom is -0.507 e. The van der Waals surface area contributed by atoms with Crippen LogP contribution in [0.25, 0.3) is 10.4 Å². The van der Waals surface area contributed by atoms with E-state index >= 15 is 0 Å². The summed E-state index contributed by atoms with van der Waals surface area (Å²) in [6, 6.07) is 9.28. The van der Waals surface area contributed by atoms with Crippen molar-refractivity contribution in [3.63, 3.8) is 0 Å². The van der Waals surface area contributed by atoms with Gasteiger partial charge in [-0.1, -0.05) is 29.8 Å². The molecule has 1 amide bonds. The second-order valence-corrected chi connectivity index (χ2v) is 7.20. The van der Waals surface area contributed by atoms with E-state index in [1.807, 2.05) is 19.1 Å². The van der Waals surface area contributed by atoms with E-state index < -0.39 is 29.7 Å². The van der Waals surface area contributed by atoms with Gasteiger partial charge in [0.15, 0.2) is 6.29 Å². The van der Waals surface area contributed by atoms with Gasteiger partial charge < -0.3 is 20.6 Å². The zero-order valence-corrected chi connectivity index (χ0v) is 15.8. The molecule has 5 nitrogen and oxygen atoms in total. The van der Waals surface area contributed by atoms with Gasteiger partial charge in [0.05, 0.1) is 16.8 Å². The first-order valence-corrected chi connectivity index (χ1v) is 9.22. The summed E-state index contributed by atoms with van der Waals surface area (Å²) in [6.07, 6.45) is -6.55. The third-order valence-corrected chi connectivity index (χ3v) is 5.26. The Bertz CT molecular complexity index is 1040. The highest BCUT2D eigenvalue weighted by Crippen LogP contribution is 2.40. The number of aliphatic hydroxyl groups is 2. The maximum absolute atomic E-state index is 12.7. The van der Waals surface area contributed by atoms with E-state index in [-0.39, 0.29) is 16.8 Å². The number of carbonyl (C=O) groups excluding carboxylic acids is 1. The first kappa shape index (κ1) is 20.8. The molecule has 0 aliphatic rings. The number of aromatic hydroxyl groups is 1. The summed E-state index contributed by atoms with van der Waals surface area (Å²) in [4.78, 5) is 13.0. The molecule has 0 bridgehead atoms. The highest BCUT2D eigenvalue weighted by molar-refractivity contribution is 7.14. The van der Waals surface area contributed by atoms with Crippen LogP contribution in [0.4, 0.5) is 18.9 Å². The Morgan fingerprint density at radius 3 is 2.31 bits per heavy atom. The lowest BCUT2D eigenvalue weighted by atomic mass is 10.1. The average Bonchev–Trinajstić information content (AvgIpc) is 3.05. The number of halogens is 3. The van der Waals surface area contributed by atoms with Crippen LogP contribution < -0.4 is 5.32 Å². The summed E-state index contributed by atoms with van der Waals surface area (Å²) in [7, 11) is 0. The Hall–Kier alpha value is -2.88. The smallest absolute Gasteiger partial charge is 0.416 e. The number of hydrogen-bond acceptors (Lipinski definition) is 5. The average molecular weight is 423 g/mol. The van der Waals surface area contributed by atoms with Gasteiger partial charge in [-0.05, 0) is 30.7 Å². The number of rotatable bonds is 4. The van der Waals surface area contributed by atoms with E-state index in [0.717, 1.165) is 23.0 Å². The largest absolute Gasteiger partial charge is 0.507 e. The monoisotopic (exact) mass is 423 g/mol. The standard InChI is InChI=1S/C20H16F3NO4S/c1-10-2-4-11(5-3-10)17-16(19(27)28)14(9-29-17)24-18(26)13-7-6-12(8-15(13)25)20(21,22)23/h2-9,19,25,27-28H,1H3,(H,24,26). The summed E-state index contributed by atoms with van der Waals surface area (Å²) in [5.74, 6) is -1.72. The minimum atomic E-state index is -4.66. The van der Waals surface area contributed by atoms with Crippen molar-refractivity contribution in [3.05, 3.63) is 70.1 Å². The molecule has 152 valence electrons. The van der Waals surface area contributed by atoms with Gasteiger partial charge in [0.1, 0.15) is 5.75 Å². The minimum absolute atomic E-state index is 0.0543. The fraction of sp³-hybridized carbons (Fsp3) is 0.150. The highest BCUT2D eigenvalue weighted by Gasteiger charge is 2.31. The predicted octanol–water partition coefficient (Wildman–Crippen LogP) is 4.68. The van der Waals surface area contributed by atoms with Gasteiger partial charge in [-0.3, -0.25) is 4.79 Å². The van der Waals surface area contributed by atoms with Crippen molar-refractivity contribution in [2.24, 2.45) is 0 Å². The summed E-state index contributed by atoms with van der Waals surface area (Å²) in [5, 5.41) is 33.3. The molecular formula is C20H16F3NO4S. The quantitative estimate of drug-likeness (QED) is 0.459.